The monoisotopic (exact) mass is 220 g/mol. The highest BCUT2D eigenvalue weighted by Crippen LogP contribution is 2.16. The van der Waals surface area contributed by atoms with Gasteiger partial charge >= 0.3 is 0 Å². The highest BCUT2D eigenvalue weighted by molar-refractivity contribution is 7.80. The van der Waals surface area contributed by atoms with Gasteiger partial charge in [-0.25, -0.2) is 4.98 Å². The number of nitrogens with one attached hydrogen (secondary N) is 1. The zero-order valence-corrected chi connectivity index (χ0v) is 8.21. The Morgan fingerprint density at radius 2 is 2.67 bits per heavy atom. The Morgan fingerprint density at radius 3 is 3.17 bits per heavy atom. The van der Waals surface area contributed by atoms with E-state index in [0.717, 1.165) is 0 Å². The summed E-state index contributed by atoms with van der Waals surface area (Å²) < 4.78 is 0.617. The summed E-state index contributed by atoms with van der Waals surface area (Å²) in [4.78, 5) is 3.93. The summed E-state index contributed by atoms with van der Waals surface area (Å²) in [7, 11) is 0. The van der Waals surface area contributed by atoms with Gasteiger partial charge in [-0.05, 0) is 12.2 Å². The van der Waals surface area contributed by atoms with Gasteiger partial charge in [-0.2, -0.15) is 5.10 Å². The van der Waals surface area contributed by atoms with Gasteiger partial charge < -0.3 is 5.73 Å². The van der Waals surface area contributed by atoms with Crippen LogP contribution < -0.4 is 11.2 Å². The average molecular weight is 221 g/mol. The summed E-state index contributed by atoms with van der Waals surface area (Å²) in [5.74, 6) is 0. The molecule has 0 aromatic carbocycles. The molecule has 1 aromatic rings. The minimum absolute atomic E-state index is 0.119. The van der Waals surface area contributed by atoms with Gasteiger partial charge in [-0.1, -0.05) is 11.6 Å². The molecule has 0 fully saturated rings. The number of hydrazone groups is 1. The molecule has 3 N–H and O–H groups in total. The second-order valence-corrected chi connectivity index (χ2v) is 3.87. The molecular formula is C5H5ClN4S2. The second kappa shape index (κ2) is 4.34. The van der Waals surface area contributed by atoms with Crippen molar-refractivity contribution >= 4 is 46.5 Å². The van der Waals surface area contributed by atoms with Gasteiger partial charge in [0.05, 0.1) is 12.4 Å². The zero-order chi connectivity index (χ0) is 8.97. The number of halogens is 1. The van der Waals surface area contributed by atoms with Crippen molar-refractivity contribution < 1.29 is 0 Å². The van der Waals surface area contributed by atoms with Crippen molar-refractivity contribution in [3.8, 4) is 0 Å². The Bertz CT molecular complexity index is 308. The predicted molar refractivity (Wildman–Crippen MR) is 54.6 cm³/mol. The highest BCUT2D eigenvalue weighted by atomic mass is 35.5. The summed E-state index contributed by atoms with van der Waals surface area (Å²) >= 11 is 11.5. The normalized spacial score (nSPS) is 10.4. The molecule has 0 amide bonds. The van der Waals surface area contributed by atoms with Crippen LogP contribution in [0.1, 0.15) is 5.01 Å². The van der Waals surface area contributed by atoms with Gasteiger partial charge in [0.1, 0.15) is 9.34 Å². The topological polar surface area (TPSA) is 63.3 Å². The van der Waals surface area contributed by atoms with E-state index in [4.69, 9.17) is 17.3 Å². The molecule has 0 unspecified atom stereocenters. The lowest BCUT2D eigenvalue weighted by atomic mass is 10.8. The molecule has 4 nitrogen and oxygen atoms in total. The molecule has 0 aliphatic carbocycles. The first-order valence-electron chi connectivity index (χ1n) is 2.88. The number of rotatable bonds is 2. The predicted octanol–water partition coefficient (Wildman–Crippen LogP) is 0.964. The molecule has 0 radical (unpaired) electrons. The van der Waals surface area contributed by atoms with Crippen LogP contribution in [0.25, 0.3) is 0 Å². The van der Waals surface area contributed by atoms with Crippen LogP contribution in [0.3, 0.4) is 0 Å². The molecule has 0 aliphatic heterocycles. The van der Waals surface area contributed by atoms with E-state index in [2.05, 4.69) is 27.7 Å². The first kappa shape index (κ1) is 9.37. The van der Waals surface area contributed by atoms with Crippen molar-refractivity contribution in [3.05, 3.63) is 15.5 Å². The van der Waals surface area contributed by atoms with Crippen molar-refractivity contribution in [2.24, 2.45) is 10.8 Å². The third-order valence-electron chi connectivity index (χ3n) is 0.845. The first-order chi connectivity index (χ1) is 5.68. The number of nitrogens with zero attached hydrogens (tertiary/aromatic N) is 2. The average Bonchev–Trinajstić information content (AvgIpc) is 2.35. The summed E-state index contributed by atoms with van der Waals surface area (Å²) in [6.45, 7) is 0. The number of thiazole rings is 1. The quantitative estimate of drug-likeness (QED) is 0.443. The van der Waals surface area contributed by atoms with Crippen LogP contribution in [0.4, 0.5) is 0 Å². The molecule has 0 spiro atoms. The van der Waals surface area contributed by atoms with Crippen LogP contribution in [-0.2, 0) is 0 Å². The summed E-state index contributed by atoms with van der Waals surface area (Å²) in [5, 5.41) is 4.52. The molecule has 64 valence electrons. The fraction of sp³-hybridized carbons (Fsp3) is 0. The van der Waals surface area contributed by atoms with E-state index in [-0.39, 0.29) is 5.11 Å². The molecule has 0 saturated heterocycles. The van der Waals surface area contributed by atoms with E-state index < -0.39 is 0 Å². The zero-order valence-electron chi connectivity index (χ0n) is 5.82. The lowest BCUT2D eigenvalue weighted by molar-refractivity contribution is 1.04. The van der Waals surface area contributed by atoms with E-state index >= 15 is 0 Å². The van der Waals surface area contributed by atoms with Gasteiger partial charge in [-0.3, -0.25) is 5.43 Å². The SMILES string of the molecule is NC(=S)N/N=C/c1ncc(Cl)s1. The van der Waals surface area contributed by atoms with Crippen molar-refractivity contribution in [3.63, 3.8) is 0 Å². The first-order valence-corrected chi connectivity index (χ1v) is 4.48. The Morgan fingerprint density at radius 1 is 1.92 bits per heavy atom. The molecule has 0 aliphatic rings. The van der Waals surface area contributed by atoms with Crippen molar-refractivity contribution in [1.29, 1.82) is 0 Å². The standard InChI is InChI=1S/C5H5ClN4S2/c6-3-1-8-4(12-3)2-9-10-5(7)11/h1-2H,(H3,7,10,11)/b9-2+. The van der Waals surface area contributed by atoms with Crippen LogP contribution >= 0.6 is 35.2 Å². The van der Waals surface area contributed by atoms with Crippen LogP contribution in [0.15, 0.2) is 11.3 Å². The lowest BCUT2D eigenvalue weighted by Gasteiger charge is -1.90. The van der Waals surface area contributed by atoms with Gasteiger partial charge in [0.15, 0.2) is 5.11 Å². The molecular weight excluding hydrogens is 216 g/mol. The van der Waals surface area contributed by atoms with Crippen molar-refractivity contribution in [1.82, 2.24) is 10.4 Å². The molecule has 0 saturated carbocycles. The van der Waals surface area contributed by atoms with E-state index in [9.17, 15) is 0 Å². The van der Waals surface area contributed by atoms with Gasteiger partial charge in [0.25, 0.3) is 0 Å². The van der Waals surface area contributed by atoms with E-state index in [0.29, 0.717) is 9.34 Å². The van der Waals surface area contributed by atoms with E-state index in [1.165, 1.54) is 17.6 Å². The number of aromatic nitrogens is 1. The van der Waals surface area contributed by atoms with Gasteiger partial charge in [0.2, 0.25) is 0 Å². The van der Waals surface area contributed by atoms with Crippen LogP contribution in [0.2, 0.25) is 4.34 Å². The second-order valence-electron chi connectivity index (χ2n) is 1.74. The number of nitrogens with two attached hydrogens (primary N) is 1. The third-order valence-corrected chi connectivity index (χ3v) is 1.99. The van der Waals surface area contributed by atoms with E-state index in [1.807, 2.05) is 0 Å². The lowest BCUT2D eigenvalue weighted by Crippen LogP contribution is -2.23. The third kappa shape index (κ3) is 3.12. The molecule has 7 heteroatoms. The molecule has 1 aromatic heterocycles. The minimum atomic E-state index is 0.119. The Kier molecular flexibility index (Phi) is 3.39. The minimum Gasteiger partial charge on any atom is -0.375 e. The Balaban J connectivity index is 2.52. The number of thiocarbonyl (C=S) groups is 1. The maximum Gasteiger partial charge on any atom is 0.184 e. The van der Waals surface area contributed by atoms with Crippen LogP contribution in [0, 0.1) is 0 Å². The summed E-state index contributed by atoms with van der Waals surface area (Å²) in [6.07, 6.45) is 3.05. The molecule has 0 bridgehead atoms. The number of hydrogen-bond donors (Lipinski definition) is 2. The smallest absolute Gasteiger partial charge is 0.184 e. The molecule has 1 heterocycles. The van der Waals surface area contributed by atoms with E-state index in [1.54, 1.807) is 6.20 Å². The van der Waals surface area contributed by atoms with Crippen LogP contribution in [0.5, 0.6) is 0 Å². The maximum absolute atomic E-state index is 5.63. The maximum atomic E-state index is 5.63. The Hall–Kier alpha value is -0.720. The van der Waals surface area contributed by atoms with Crippen LogP contribution in [-0.4, -0.2) is 16.3 Å². The summed E-state index contributed by atoms with van der Waals surface area (Å²) in [5.41, 5.74) is 7.53. The fourth-order valence-corrected chi connectivity index (χ4v) is 1.33. The van der Waals surface area contributed by atoms with Gasteiger partial charge in [0, 0.05) is 0 Å². The molecule has 0 atom stereocenters. The van der Waals surface area contributed by atoms with Gasteiger partial charge in [-0.15, -0.1) is 11.3 Å². The fourth-order valence-electron chi connectivity index (χ4n) is 0.478. The number of hydrogen-bond acceptors (Lipinski definition) is 4. The van der Waals surface area contributed by atoms with Crippen molar-refractivity contribution in [2.45, 2.75) is 0 Å². The van der Waals surface area contributed by atoms with Crippen molar-refractivity contribution in [2.75, 3.05) is 0 Å². The largest absolute Gasteiger partial charge is 0.375 e. The summed E-state index contributed by atoms with van der Waals surface area (Å²) in [6, 6.07) is 0. The molecule has 12 heavy (non-hydrogen) atoms. The molecule has 1 rings (SSSR count). The Labute approximate surface area is 83.4 Å². The highest BCUT2D eigenvalue weighted by Gasteiger charge is 1.94.